The van der Waals surface area contributed by atoms with Crippen LogP contribution in [0.3, 0.4) is 0 Å². The number of hydrogen-bond acceptors (Lipinski definition) is 4. The molecule has 0 radical (unpaired) electrons. The molecule has 0 atom stereocenters. The predicted molar refractivity (Wildman–Crippen MR) is 95.3 cm³/mol. The van der Waals surface area contributed by atoms with Crippen LogP contribution in [-0.2, 0) is 18.0 Å². The van der Waals surface area contributed by atoms with Gasteiger partial charge in [-0.05, 0) is 41.5 Å². The maximum Gasteiger partial charge on any atom is 0.259 e. The number of anilines is 3. The van der Waals surface area contributed by atoms with Crippen LogP contribution in [0.15, 0.2) is 60.8 Å². The number of nitrogens with one attached hydrogen (secondary N) is 2. The van der Waals surface area contributed by atoms with Gasteiger partial charge in [0.05, 0.1) is 17.9 Å². The summed E-state index contributed by atoms with van der Waals surface area (Å²) in [5.41, 5.74) is 10.1. The molecule has 0 saturated carbocycles. The highest BCUT2D eigenvalue weighted by Gasteiger charge is 2.25. The molecule has 1 amide bonds. The van der Waals surface area contributed by atoms with Gasteiger partial charge in [-0.25, -0.2) is 11.0 Å². The molecular weight excluding hydrogens is 316 g/mol. The average molecular weight is 332 g/mol. The van der Waals surface area contributed by atoms with Crippen molar-refractivity contribution in [2.24, 2.45) is 0 Å². The second-order valence-corrected chi connectivity index (χ2v) is 6.22. The molecule has 0 fully saturated rings. The topological polar surface area (TPSA) is 58.5 Å². The Hall–Kier alpha value is -3.25. The quantitative estimate of drug-likeness (QED) is 0.717. The monoisotopic (exact) mass is 332 g/mol. The van der Waals surface area contributed by atoms with Gasteiger partial charge in [-0.1, -0.05) is 24.3 Å². The Morgan fingerprint density at radius 1 is 0.920 bits per heavy atom. The van der Waals surface area contributed by atoms with Crippen LogP contribution in [-0.4, -0.2) is 10.5 Å². The minimum Gasteiger partial charge on any atom is -0.330 e. The highest BCUT2D eigenvalue weighted by atomic mass is 16.8. The zero-order valence-electron chi connectivity index (χ0n) is 13.4. The van der Waals surface area contributed by atoms with Gasteiger partial charge in [-0.15, -0.1) is 0 Å². The number of rotatable bonds is 1. The molecule has 3 heterocycles. The van der Waals surface area contributed by atoms with Crippen LogP contribution in [0.25, 0.3) is 0 Å². The summed E-state index contributed by atoms with van der Waals surface area (Å²) in [5, 5.41) is 0. The zero-order valence-corrected chi connectivity index (χ0v) is 13.4. The molecule has 2 aromatic carbocycles. The Kier molecular flexibility index (Phi) is 3.05. The maximum atomic E-state index is 13.2. The largest absolute Gasteiger partial charge is 0.330 e. The first-order valence-electron chi connectivity index (χ1n) is 8.15. The van der Waals surface area contributed by atoms with E-state index in [1.807, 2.05) is 53.6 Å². The Labute approximate surface area is 144 Å². The van der Waals surface area contributed by atoms with Gasteiger partial charge in [0.2, 0.25) is 0 Å². The third-order valence-corrected chi connectivity index (χ3v) is 4.70. The molecule has 124 valence electrons. The van der Waals surface area contributed by atoms with E-state index in [2.05, 4.69) is 27.7 Å². The predicted octanol–water partition coefficient (Wildman–Crippen LogP) is 3.38. The first-order valence-corrected chi connectivity index (χ1v) is 8.15. The molecular formula is C19H16N4O2. The number of aromatic nitrogens is 1. The van der Waals surface area contributed by atoms with Crippen molar-refractivity contribution in [2.45, 2.75) is 13.1 Å². The van der Waals surface area contributed by atoms with Gasteiger partial charge in [-0.3, -0.25) is 9.69 Å². The number of amides is 1. The molecule has 0 bridgehead atoms. The molecule has 3 aromatic rings. The fourth-order valence-corrected chi connectivity index (χ4v) is 3.40. The summed E-state index contributed by atoms with van der Waals surface area (Å²) < 4.78 is 2.11. The van der Waals surface area contributed by atoms with Crippen LogP contribution in [0, 0.1) is 0 Å². The summed E-state index contributed by atoms with van der Waals surface area (Å²) in [5.74, 6) is 0.872. The highest BCUT2D eigenvalue weighted by molar-refractivity contribution is 6.06. The lowest BCUT2D eigenvalue weighted by molar-refractivity contribution is 0.0984. The summed E-state index contributed by atoms with van der Waals surface area (Å²) in [7, 11) is 0. The van der Waals surface area contributed by atoms with Crippen LogP contribution in [0.2, 0.25) is 0 Å². The van der Waals surface area contributed by atoms with Crippen LogP contribution in [0.5, 0.6) is 0 Å². The van der Waals surface area contributed by atoms with E-state index in [9.17, 15) is 4.79 Å². The molecule has 2 aliphatic heterocycles. The van der Waals surface area contributed by atoms with Gasteiger partial charge in [0, 0.05) is 18.3 Å². The van der Waals surface area contributed by atoms with E-state index in [0.717, 1.165) is 23.7 Å². The van der Waals surface area contributed by atoms with Crippen molar-refractivity contribution in [1.29, 1.82) is 0 Å². The van der Waals surface area contributed by atoms with Crippen molar-refractivity contribution >= 4 is 23.1 Å². The van der Waals surface area contributed by atoms with E-state index >= 15 is 0 Å². The SMILES string of the molecule is O=C(c1ccc2c(c1)NON2)N1Cc2ccccc2Cn2cccc21. The van der Waals surface area contributed by atoms with Crippen molar-refractivity contribution in [2.75, 3.05) is 15.9 Å². The lowest BCUT2D eigenvalue weighted by atomic mass is 10.1. The third-order valence-electron chi connectivity index (χ3n) is 4.70. The molecule has 5 rings (SSSR count). The maximum absolute atomic E-state index is 13.2. The smallest absolute Gasteiger partial charge is 0.259 e. The Morgan fingerprint density at radius 3 is 2.60 bits per heavy atom. The molecule has 2 N–H and O–H groups in total. The van der Waals surface area contributed by atoms with Crippen LogP contribution >= 0.6 is 0 Å². The van der Waals surface area contributed by atoms with Gasteiger partial charge >= 0.3 is 0 Å². The Bertz CT molecular complexity index is 979. The molecule has 25 heavy (non-hydrogen) atoms. The zero-order chi connectivity index (χ0) is 16.8. The third kappa shape index (κ3) is 2.27. The van der Waals surface area contributed by atoms with Crippen molar-refractivity contribution < 1.29 is 9.73 Å². The van der Waals surface area contributed by atoms with Gasteiger partial charge < -0.3 is 4.57 Å². The van der Waals surface area contributed by atoms with E-state index in [1.54, 1.807) is 0 Å². The molecule has 0 spiro atoms. The fourth-order valence-electron chi connectivity index (χ4n) is 3.40. The van der Waals surface area contributed by atoms with E-state index in [1.165, 1.54) is 11.1 Å². The Morgan fingerprint density at radius 2 is 1.72 bits per heavy atom. The normalized spacial score (nSPS) is 14.6. The average Bonchev–Trinajstić information content (AvgIpc) is 3.26. The molecule has 0 aliphatic carbocycles. The Balaban J connectivity index is 1.57. The second kappa shape index (κ2) is 5.39. The number of benzene rings is 2. The van der Waals surface area contributed by atoms with Crippen LogP contribution in [0.4, 0.5) is 17.2 Å². The molecule has 6 heteroatoms. The van der Waals surface area contributed by atoms with Crippen LogP contribution in [0.1, 0.15) is 21.5 Å². The summed E-state index contributed by atoms with van der Waals surface area (Å²) in [6, 6.07) is 17.7. The molecule has 0 unspecified atom stereocenters. The van der Waals surface area contributed by atoms with Gasteiger partial charge in [0.1, 0.15) is 5.82 Å². The summed E-state index contributed by atoms with van der Waals surface area (Å²) in [6.45, 7) is 1.32. The van der Waals surface area contributed by atoms with Gasteiger partial charge in [0.15, 0.2) is 0 Å². The second-order valence-electron chi connectivity index (χ2n) is 6.22. The lowest BCUT2D eigenvalue weighted by Crippen LogP contribution is -2.31. The van der Waals surface area contributed by atoms with Gasteiger partial charge in [-0.2, -0.15) is 4.94 Å². The van der Waals surface area contributed by atoms with Crippen molar-refractivity contribution in [3.63, 3.8) is 0 Å². The van der Waals surface area contributed by atoms with Crippen molar-refractivity contribution in [3.05, 3.63) is 77.5 Å². The first-order chi connectivity index (χ1) is 12.3. The van der Waals surface area contributed by atoms with E-state index in [-0.39, 0.29) is 5.91 Å². The number of carbonyl (C=O) groups is 1. The van der Waals surface area contributed by atoms with E-state index in [4.69, 9.17) is 4.94 Å². The highest BCUT2D eigenvalue weighted by Crippen LogP contribution is 2.31. The minimum absolute atomic E-state index is 0.0341. The number of nitrogens with zero attached hydrogens (tertiary/aromatic N) is 2. The molecule has 6 nitrogen and oxygen atoms in total. The number of hydrogen-bond donors (Lipinski definition) is 2. The number of fused-ring (bicyclic) bond motifs is 3. The lowest BCUT2D eigenvalue weighted by Gasteiger charge is -2.22. The van der Waals surface area contributed by atoms with E-state index < -0.39 is 0 Å². The van der Waals surface area contributed by atoms with Crippen molar-refractivity contribution in [1.82, 2.24) is 4.57 Å². The summed E-state index contributed by atoms with van der Waals surface area (Å²) in [4.78, 5) is 20.1. The van der Waals surface area contributed by atoms with Crippen LogP contribution < -0.4 is 15.9 Å². The standard InChI is InChI=1S/C19H16N4O2/c24-19(13-7-8-16-17(10-13)21-25-20-16)23-12-15-5-2-1-4-14(15)11-22-9-3-6-18(22)23/h1-10,20-21H,11-12H2. The molecule has 2 aliphatic rings. The summed E-state index contributed by atoms with van der Waals surface area (Å²) >= 11 is 0. The minimum atomic E-state index is -0.0341. The molecule has 1 aromatic heterocycles. The molecule has 0 saturated heterocycles. The number of carbonyl (C=O) groups excluding carboxylic acids is 1. The summed E-state index contributed by atoms with van der Waals surface area (Å²) in [6.07, 6.45) is 2.01. The van der Waals surface area contributed by atoms with Crippen molar-refractivity contribution in [3.8, 4) is 0 Å². The van der Waals surface area contributed by atoms with E-state index in [0.29, 0.717) is 12.1 Å². The van der Waals surface area contributed by atoms with Gasteiger partial charge in [0.25, 0.3) is 5.91 Å². The first kappa shape index (κ1) is 14.1. The fraction of sp³-hybridized carbons (Fsp3) is 0.105.